The molecule has 0 radical (unpaired) electrons. The lowest BCUT2D eigenvalue weighted by molar-refractivity contribution is -0.117. The number of nitrogens with two attached hydrogens (primary N) is 1. The van der Waals surface area contributed by atoms with E-state index in [4.69, 9.17) is 10.5 Å². The van der Waals surface area contributed by atoms with Crippen molar-refractivity contribution >= 4 is 24.0 Å². The third-order valence-corrected chi connectivity index (χ3v) is 3.90. The first kappa shape index (κ1) is 22.2. The number of carbonyl (C=O) groups is 1. The summed E-state index contributed by atoms with van der Waals surface area (Å²) in [6.07, 6.45) is 1.56. The van der Waals surface area contributed by atoms with Gasteiger partial charge in [-0.1, -0.05) is 56.3 Å². The fourth-order valence-corrected chi connectivity index (χ4v) is 2.61. The van der Waals surface area contributed by atoms with Gasteiger partial charge in [0.2, 0.25) is 5.91 Å². The average Bonchev–Trinajstić information content (AvgIpc) is 2.59. The van der Waals surface area contributed by atoms with Crippen molar-refractivity contribution in [1.29, 1.82) is 0 Å². The second kappa shape index (κ2) is 11.7. The van der Waals surface area contributed by atoms with Crippen LogP contribution in [-0.2, 0) is 22.6 Å². The van der Waals surface area contributed by atoms with Crippen molar-refractivity contribution in [3.05, 3.63) is 65.7 Å². The highest BCUT2D eigenvalue weighted by Crippen LogP contribution is 2.13. The Morgan fingerprint density at radius 2 is 1.77 bits per heavy atom. The summed E-state index contributed by atoms with van der Waals surface area (Å²) in [5.74, 6) is 0.251. The minimum atomic E-state index is -0.481. The molecular formula is C21H29ClN2O2. The maximum Gasteiger partial charge on any atom is 0.241 e. The van der Waals surface area contributed by atoms with Gasteiger partial charge < -0.3 is 15.8 Å². The molecule has 4 nitrogen and oxygen atoms in total. The van der Waals surface area contributed by atoms with Gasteiger partial charge in [-0.25, -0.2) is 0 Å². The van der Waals surface area contributed by atoms with Crippen LogP contribution in [0.5, 0.6) is 0 Å². The highest BCUT2D eigenvalue weighted by atomic mass is 35.5. The van der Waals surface area contributed by atoms with E-state index in [-0.39, 0.29) is 18.3 Å². The summed E-state index contributed by atoms with van der Waals surface area (Å²) >= 11 is 0. The molecule has 3 N–H and O–H groups in total. The van der Waals surface area contributed by atoms with Gasteiger partial charge in [-0.3, -0.25) is 4.79 Å². The molecule has 0 spiro atoms. The van der Waals surface area contributed by atoms with Crippen molar-refractivity contribution in [3.8, 4) is 0 Å². The molecule has 0 aliphatic rings. The van der Waals surface area contributed by atoms with Crippen LogP contribution in [-0.4, -0.2) is 18.6 Å². The van der Waals surface area contributed by atoms with Crippen LogP contribution in [0.15, 0.2) is 54.6 Å². The quantitative estimate of drug-likeness (QED) is 0.645. The zero-order valence-corrected chi connectivity index (χ0v) is 16.3. The normalized spacial score (nSPS) is 11.7. The lowest BCUT2D eigenvalue weighted by atomic mass is 10.0. The van der Waals surface area contributed by atoms with Crippen LogP contribution in [0, 0.1) is 5.92 Å². The molecule has 2 rings (SSSR count). The predicted octanol–water partition coefficient (Wildman–Crippen LogP) is 4.18. The van der Waals surface area contributed by atoms with Crippen molar-refractivity contribution in [2.45, 2.75) is 39.3 Å². The SMILES string of the molecule is CC(C)C[C@H](N)C(=O)Nc1cccc(COCCc2ccccc2)c1.Cl. The molecule has 0 saturated carbocycles. The van der Waals surface area contributed by atoms with Crippen LogP contribution in [0.4, 0.5) is 5.69 Å². The number of anilines is 1. The molecule has 1 atom stereocenters. The number of ether oxygens (including phenoxy) is 1. The van der Waals surface area contributed by atoms with E-state index in [2.05, 4.69) is 31.3 Å². The Morgan fingerprint density at radius 1 is 1.08 bits per heavy atom. The Bertz CT molecular complexity index is 662. The first-order valence-electron chi connectivity index (χ1n) is 8.81. The van der Waals surface area contributed by atoms with Crippen molar-refractivity contribution in [1.82, 2.24) is 0 Å². The summed E-state index contributed by atoms with van der Waals surface area (Å²) in [4.78, 5) is 12.1. The first-order chi connectivity index (χ1) is 12.0. The monoisotopic (exact) mass is 376 g/mol. The van der Waals surface area contributed by atoms with Crippen molar-refractivity contribution in [2.24, 2.45) is 11.7 Å². The van der Waals surface area contributed by atoms with Gasteiger partial charge in [-0.15, -0.1) is 12.4 Å². The van der Waals surface area contributed by atoms with Crippen molar-refractivity contribution in [2.75, 3.05) is 11.9 Å². The molecule has 1 amide bonds. The summed E-state index contributed by atoms with van der Waals surface area (Å²) in [7, 11) is 0. The minimum absolute atomic E-state index is 0. The zero-order chi connectivity index (χ0) is 18.1. The molecule has 0 aliphatic heterocycles. The topological polar surface area (TPSA) is 64.4 Å². The highest BCUT2D eigenvalue weighted by Gasteiger charge is 2.15. The maximum absolute atomic E-state index is 12.1. The molecule has 2 aromatic carbocycles. The van der Waals surface area contributed by atoms with E-state index < -0.39 is 6.04 Å². The van der Waals surface area contributed by atoms with Crippen molar-refractivity contribution < 1.29 is 9.53 Å². The fraction of sp³-hybridized carbons (Fsp3) is 0.381. The number of benzene rings is 2. The summed E-state index contributed by atoms with van der Waals surface area (Å²) in [6, 6.07) is 17.5. The van der Waals surface area contributed by atoms with E-state index in [0.717, 1.165) is 17.7 Å². The Hall–Kier alpha value is -1.88. The second-order valence-electron chi connectivity index (χ2n) is 6.71. The van der Waals surface area contributed by atoms with Crippen LogP contribution in [0.3, 0.4) is 0 Å². The molecule has 0 aliphatic carbocycles. The van der Waals surface area contributed by atoms with Crippen LogP contribution in [0.1, 0.15) is 31.4 Å². The number of carbonyl (C=O) groups excluding carboxylic acids is 1. The summed E-state index contributed by atoms with van der Waals surface area (Å²) in [6.45, 7) is 5.30. The molecular weight excluding hydrogens is 348 g/mol. The van der Waals surface area contributed by atoms with Crippen LogP contribution in [0.2, 0.25) is 0 Å². The van der Waals surface area contributed by atoms with E-state index in [9.17, 15) is 4.79 Å². The number of amides is 1. The fourth-order valence-electron chi connectivity index (χ4n) is 2.61. The summed E-state index contributed by atoms with van der Waals surface area (Å²) < 4.78 is 5.75. The molecule has 5 heteroatoms. The van der Waals surface area contributed by atoms with Gasteiger partial charge in [0.05, 0.1) is 19.3 Å². The molecule has 0 bridgehead atoms. The van der Waals surface area contributed by atoms with Gasteiger partial charge in [0, 0.05) is 5.69 Å². The number of nitrogens with one attached hydrogen (secondary N) is 1. The standard InChI is InChI=1S/C21H28N2O2.ClH/c1-16(2)13-20(22)21(24)23-19-10-6-9-18(14-19)15-25-12-11-17-7-4-3-5-8-17;/h3-10,14,16,20H,11-13,15,22H2,1-2H3,(H,23,24);1H/t20-;/m0./s1. The van der Waals surface area contributed by atoms with Gasteiger partial charge in [-0.05, 0) is 42.0 Å². The molecule has 26 heavy (non-hydrogen) atoms. The van der Waals surface area contributed by atoms with E-state index in [1.807, 2.05) is 42.5 Å². The van der Waals surface area contributed by atoms with E-state index in [1.165, 1.54) is 5.56 Å². The number of rotatable bonds is 9. The van der Waals surface area contributed by atoms with Gasteiger partial charge in [-0.2, -0.15) is 0 Å². The molecule has 0 unspecified atom stereocenters. The van der Waals surface area contributed by atoms with Gasteiger partial charge in [0.1, 0.15) is 0 Å². The molecule has 0 saturated heterocycles. The van der Waals surface area contributed by atoms with Gasteiger partial charge in [0.15, 0.2) is 0 Å². The van der Waals surface area contributed by atoms with E-state index in [0.29, 0.717) is 25.6 Å². The first-order valence-corrected chi connectivity index (χ1v) is 8.81. The highest BCUT2D eigenvalue weighted by molar-refractivity contribution is 5.94. The maximum atomic E-state index is 12.1. The lowest BCUT2D eigenvalue weighted by Gasteiger charge is -2.14. The summed E-state index contributed by atoms with van der Waals surface area (Å²) in [5.41, 5.74) is 8.98. The Balaban J connectivity index is 0.00000338. The molecule has 142 valence electrons. The average molecular weight is 377 g/mol. The Kier molecular flexibility index (Phi) is 9.96. The van der Waals surface area contributed by atoms with Crippen LogP contribution < -0.4 is 11.1 Å². The Labute approximate surface area is 162 Å². The predicted molar refractivity (Wildman–Crippen MR) is 110 cm³/mol. The second-order valence-corrected chi connectivity index (χ2v) is 6.71. The molecule has 0 aromatic heterocycles. The van der Waals surface area contributed by atoms with E-state index in [1.54, 1.807) is 0 Å². The number of halogens is 1. The Morgan fingerprint density at radius 3 is 2.46 bits per heavy atom. The number of hydrogen-bond acceptors (Lipinski definition) is 3. The zero-order valence-electron chi connectivity index (χ0n) is 15.5. The van der Waals surface area contributed by atoms with Gasteiger partial charge >= 0.3 is 0 Å². The smallest absolute Gasteiger partial charge is 0.241 e. The number of hydrogen-bond donors (Lipinski definition) is 2. The van der Waals surface area contributed by atoms with E-state index >= 15 is 0 Å². The minimum Gasteiger partial charge on any atom is -0.376 e. The van der Waals surface area contributed by atoms with Crippen molar-refractivity contribution in [3.63, 3.8) is 0 Å². The lowest BCUT2D eigenvalue weighted by Crippen LogP contribution is -2.36. The molecule has 0 heterocycles. The molecule has 2 aromatic rings. The van der Waals surface area contributed by atoms with Gasteiger partial charge in [0.25, 0.3) is 0 Å². The largest absolute Gasteiger partial charge is 0.376 e. The molecule has 0 fully saturated rings. The third kappa shape index (κ3) is 8.00. The van der Waals surface area contributed by atoms with Crippen LogP contribution in [0.25, 0.3) is 0 Å². The summed E-state index contributed by atoms with van der Waals surface area (Å²) in [5, 5.41) is 2.88. The third-order valence-electron chi connectivity index (χ3n) is 3.90. The van der Waals surface area contributed by atoms with Crippen LogP contribution >= 0.6 is 12.4 Å².